The van der Waals surface area contributed by atoms with Crippen molar-refractivity contribution < 1.29 is 14.3 Å². The Morgan fingerprint density at radius 3 is 2.91 bits per heavy atom. The van der Waals surface area contributed by atoms with Gasteiger partial charge in [-0.25, -0.2) is 19.3 Å². The first-order valence-electron chi connectivity index (χ1n) is 11.1. The smallest absolute Gasteiger partial charge is 0.328 e. The lowest BCUT2D eigenvalue weighted by molar-refractivity contribution is -0.0323. The summed E-state index contributed by atoms with van der Waals surface area (Å²) in [6.07, 6.45) is 4.38. The van der Waals surface area contributed by atoms with Crippen LogP contribution < -0.4 is 16.0 Å². The molecule has 4 heterocycles. The van der Waals surface area contributed by atoms with Crippen molar-refractivity contribution in [2.24, 2.45) is 0 Å². The number of imidazole rings is 1. The van der Waals surface area contributed by atoms with Gasteiger partial charge in [-0.15, -0.1) is 0 Å². The first kappa shape index (κ1) is 19.5. The van der Waals surface area contributed by atoms with E-state index in [4.69, 9.17) is 14.5 Å². The van der Waals surface area contributed by atoms with Gasteiger partial charge < -0.3 is 25.4 Å². The summed E-state index contributed by atoms with van der Waals surface area (Å²) >= 11 is 0. The van der Waals surface area contributed by atoms with E-state index in [-0.39, 0.29) is 18.2 Å². The molecule has 1 aliphatic carbocycles. The first-order valence-corrected chi connectivity index (χ1v) is 11.1. The number of rotatable bonds is 2. The van der Waals surface area contributed by atoms with E-state index in [1.54, 1.807) is 0 Å². The Morgan fingerprint density at radius 2 is 2.12 bits per heavy atom. The van der Waals surface area contributed by atoms with Crippen LogP contribution in [0.25, 0.3) is 11.2 Å². The van der Waals surface area contributed by atoms with Crippen LogP contribution in [0.3, 0.4) is 0 Å². The van der Waals surface area contributed by atoms with Crippen molar-refractivity contribution in [2.75, 3.05) is 30.9 Å². The van der Waals surface area contributed by atoms with E-state index in [9.17, 15) is 4.79 Å². The van der Waals surface area contributed by atoms with Gasteiger partial charge in [0.1, 0.15) is 17.7 Å². The molecule has 1 saturated heterocycles. The van der Waals surface area contributed by atoms with Gasteiger partial charge in [0.25, 0.3) is 0 Å². The highest BCUT2D eigenvalue weighted by atomic mass is 16.5. The van der Waals surface area contributed by atoms with Crippen LogP contribution in [0.15, 0.2) is 30.6 Å². The summed E-state index contributed by atoms with van der Waals surface area (Å²) in [5.41, 5.74) is 5.26. The summed E-state index contributed by atoms with van der Waals surface area (Å²) in [5.74, 6) is 1.02. The van der Waals surface area contributed by atoms with Crippen molar-refractivity contribution in [3.8, 4) is 0 Å². The third-order valence-corrected chi connectivity index (χ3v) is 6.67. The second-order valence-corrected chi connectivity index (χ2v) is 8.72. The third kappa shape index (κ3) is 3.37. The molecule has 4 bridgehead atoms. The predicted octanol–water partition coefficient (Wildman–Crippen LogP) is 3.34. The SMILES string of the molecule is CNc1cc2nc3c1ncn3C(=O)N[C@@H]1CC[C@H]1OCc1cc(cc([C@@H]3CCOC3)c1)N2. The fourth-order valence-electron chi connectivity index (χ4n) is 4.71. The summed E-state index contributed by atoms with van der Waals surface area (Å²) < 4.78 is 13.3. The van der Waals surface area contributed by atoms with Gasteiger partial charge in [-0.3, -0.25) is 0 Å². The van der Waals surface area contributed by atoms with Crippen LogP contribution >= 0.6 is 0 Å². The molecule has 2 aromatic heterocycles. The number of ether oxygens (including phenoxy) is 2. The van der Waals surface area contributed by atoms with Crippen molar-refractivity contribution in [3.63, 3.8) is 0 Å². The molecule has 1 saturated carbocycles. The van der Waals surface area contributed by atoms with Gasteiger partial charge in [0.05, 0.1) is 31.0 Å². The lowest BCUT2D eigenvalue weighted by Gasteiger charge is -2.36. The standard InChI is InChI=1S/C23H26N6O3/c1-24-18-9-20-26-16-7-13(6-15(8-16)14-4-5-31-11-14)10-32-19-3-2-17(19)27-23(30)29-12-25-21(18)22(29)28-20/h6-9,12,14,17,19H,2-5,10-11H2,1H3,(H,27,30)(H2,24,26,28)/t14-,17-,19-/m1/s1. The number of benzene rings is 1. The molecular formula is C23H26N6O3. The molecule has 1 amide bonds. The van der Waals surface area contributed by atoms with E-state index >= 15 is 0 Å². The van der Waals surface area contributed by atoms with Crippen LogP contribution in [0.5, 0.6) is 0 Å². The highest BCUT2D eigenvalue weighted by molar-refractivity contribution is 5.94. The minimum atomic E-state index is -0.239. The number of pyridine rings is 1. The molecular weight excluding hydrogens is 408 g/mol. The fraction of sp³-hybridized carbons (Fsp3) is 0.435. The first-order chi connectivity index (χ1) is 15.7. The van der Waals surface area contributed by atoms with E-state index in [1.165, 1.54) is 16.5 Å². The lowest BCUT2D eigenvalue weighted by atomic mass is 9.89. The Morgan fingerprint density at radius 1 is 1.19 bits per heavy atom. The van der Waals surface area contributed by atoms with E-state index in [2.05, 4.69) is 39.1 Å². The molecule has 2 aliphatic heterocycles. The number of amides is 1. The Kier molecular flexibility index (Phi) is 4.73. The molecule has 3 aliphatic rings. The van der Waals surface area contributed by atoms with Crippen LogP contribution in [0.1, 0.15) is 36.3 Å². The van der Waals surface area contributed by atoms with Gasteiger partial charge in [0.2, 0.25) is 0 Å². The number of nitrogens with one attached hydrogen (secondary N) is 3. The highest BCUT2D eigenvalue weighted by Gasteiger charge is 2.34. The van der Waals surface area contributed by atoms with Gasteiger partial charge in [-0.1, -0.05) is 6.07 Å². The quantitative estimate of drug-likeness (QED) is 0.568. The predicted molar refractivity (Wildman–Crippen MR) is 121 cm³/mol. The Balaban J connectivity index is 1.47. The molecule has 3 N–H and O–H groups in total. The summed E-state index contributed by atoms with van der Waals surface area (Å²) in [6.45, 7) is 2.04. The van der Waals surface area contributed by atoms with Crippen molar-refractivity contribution in [1.29, 1.82) is 0 Å². The van der Waals surface area contributed by atoms with E-state index in [1.807, 2.05) is 13.1 Å². The zero-order chi connectivity index (χ0) is 21.7. The highest BCUT2D eigenvalue weighted by Crippen LogP contribution is 2.32. The summed E-state index contributed by atoms with van der Waals surface area (Å²) in [4.78, 5) is 22.1. The maximum absolute atomic E-state index is 13.0. The van der Waals surface area contributed by atoms with E-state index < -0.39 is 0 Å². The van der Waals surface area contributed by atoms with Gasteiger partial charge in [-0.05, 0) is 42.5 Å². The molecule has 2 fully saturated rings. The van der Waals surface area contributed by atoms with E-state index in [0.29, 0.717) is 29.5 Å². The Bertz CT molecular complexity index is 1190. The van der Waals surface area contributed by atoms with Gasteiger partial charge in [0, 0.05) is 31.3 Å². The zero-order valence-corrected chi connectivity index (χ0v) is 17.9. The average molecular weight is 435 g/mol. The van der Waals surface area contributed by atoms with E-state index in [0.717, 1.165) is 49.4 Å². The molecule has 9 nitrogen and oxygen atoms in total. The molecule has 1 aromatic carbocycles. The van der Waals surface area contributed by atoms with Crippen molar-refractivity contribution in [2.45, 2.75) is 43.9 Å². The molecule has 3 atom stereocenters. The molecule has 0 radical (unpaired) electrons. The van der Waals surface area contributed by atoms with Crippen molar-refractivity contribution in [3.05, 3.63) is 41.7 Å². The van der Waals surface area contributed by atoms with Crippen LogP contribution in [-0.2, 0) is 16.1 Å². The molecule has 6 rings (SSSR count). The Hall–Kier alpha value is -3.17. The number of carbonyl (C=O) groups is 1. The maximum Gasteiger partial charge on any atom is 0.328 e. The number of fused-ring (bicyclic) bond motifs is 4. The third-order valence-electron chi connectivity index (χ3n) is 6.67. The summed E-state index contributed by atoms with van der Waals surface area (Å²) in [7, 11) is 1.84. The van der Waals surface area contributed by atoms with Gasteiger partial charge in [-0.2, -0.15) is 0 Å². The monoisotopic (exact) mass is 434 g/mol. The van der Waals surface area contributed by atoms with Gasteiger partial charge >= 0.3 is 6.03 Å². The second kappa shape index (κ2) is 7.75. The normalized spacial score (nSPS) is 24.9. The minimum Gasteiger partial charge on any atom is -0.386 e. The fourth-order valence-corrected chi connectivity index (χ4v) is 4.71. The van der Waals surface area contributed by atoms with Crippen LogP contribution in [-0.4, -0.2) is 53.0 Å². The number of anilines is 3. The molecule has 0 unspecified atom stereocenters. The number of aromatic nitrogens is 3. The lowest BCUT2D eigenvalue weighted by Crippen LogP contribution is -2.52. The largest absolute Gasteiger partial charge is 0.386 e. The van der Waals surface area contributed by atoms with Crippen LogP contribution in [0.4, 0.5) is 22.0 Å². The average Bonchev–Trinajstić information content (AvgIpc) is 3.46. The number of hydrogen-bond donors (Lipinski definition) is 3. The maximum atomic E-state index is 13.0. The topological polar surface area (TPSA) is 102 Å². The van der Waals surface area contributed by atoms with Crippen molar-refractivity contribution >= 4 is 34.4 Å². The van der Waals surface area contributed by atoms with Crippen LogP contribution in [0.2, 0.25) is 0 Å². The molecule has 0 spiro atoms. The van der Waals surface area contributed by atoms with Crippen molar-refractivity contribution in [1.82, 2.24) is 19.9 Å². The molecule has 3 aromatic rings. The second-order valence-electron chi connectivity index (χ2n) is 8.72. The number of carbonyl (C=O) groups excluding carboxylic acids is 1. The summed E-state index contributed by atoms with van der Waals surface area (Å²) in [6, 6.07) is 8.14. The van der Waals surface area contributed by atoms with Gasteiger partial charge in [0.15, 0.2) is 5.65 Å². The zero-order valence-electron chi connectivity index (χ0n) is 17.9. The molecule has 166 valence electrons. The molecule has 32 heavy (non-hydrogen) atoms. The summed E-state index contributed by atoms with van der Waals surface area (Å²) in [5, 5.41) is 9.70. The number of hydrogen-bond acceptors (Lipinski definition) is 7. The number of nitrogens with zero attached hydrogens (tertiary/aromatic N) is 3. The molecule has 9 heteroatoms. The van der Waals surface area contributed by atoms with Crippen LogP contribution in [0, 0.1) is 0 Å². The minimum absolute atomic E-state index is 0.00273. The Labute approximate surface area is 185 Å².